The molecule has 2 aromatic carbocycles. The molecule has 0 aliphatic carbocycles. The fourth-order valence-corrected chi connectivity index (χ4v) is 3.99. The van der Waals surface area contributed by atoms with Crippen molar-refractivity contribution in [2.45, 2.75) is 13.8 Å². The van der Waals surface area contributed by atoms with Crippen LogP contribution >= 0.6 is 23.2 Å². The molecule has 34 heavy (non-hydrogen) atoms. The molecular formula is C24H20Cl2N4O4. The van der Waals surface area contributed by atoms with Crippen LogP contribution in [0.5, 0.6) is 5.75 Å². The zero-order valence-electron chi connectivity index (χ0n) is 18.6. The highest BCUT2D eigenvalue weighted by Gasteiger charge is 2.24. The van der Waals surface area contributed by atoms with Gasteiger partial charge in [-0.05, 0) is 49.7 Å². The van der Waals surface area contributed by atoms with Gasteiger partial charge in [0.2, 0.25) is 0 Å². The van der Waals surface area contributed by atoms with Gasteiger partial charge < -0.3 is 14.8 Å². The molecule has 0 atom stereocenters. The standard InChI is InChI=1S/C24H20Cl2N4O4/c1-4-34-24(32)17-12-27-30(22(17)29-23(31)16-9-8-14(25)11-18(16)26)20-10-13(2)15-6-5-7-19(33-3)21(15)28-20/h5-12H,4H2,1-3H3,(H,29,31). The van der Waals surface area contributed by atoms with Gasteiger partial charge in [-0.25, -0.2) is 9.78 Å². The molecule has 0 bridgehead atoms. The number of benzene rings is 2. The van der Waals surface area contributed by atoms with Crippen molar-refractivity contribution < 1.29 is 19.1 Å². The Kier molecular flexibility index (Phi) is 6.72. The second-order valence-electron chi connectivity index (χ2n) is 7.27. The number of aromatic nitrogens is 3. The normalized spacial score (nSPS) is 10.9. The Morgan fingerprint density at radius 3 is 2.62 bits per heavy atom. The summed E-state index contributed by atoms with van der Waals surface area (Å²) < 4.78 is 12.0. The van der Waals surface area contributed by atoms with Gasteiger partial charge in [0, 0.05) is 10.4 Å². The average Bonchev–Trinajstić information content (AvgIpc) is 3.22. The summed E-state index contributed by atoms with van der Waals surface area (Å²) in [6, 6.07) is 11.9. The number of methoxy groups -OCH3 is 1. The van der Waals surface area contributed by atoms with Crippen LogP contribution < -0.4 is 10.1 Å². The summed E-state index contributed by atoms with van der Waals surface area (Å²) in [5, 5.41) is 8.51. The number of nitrogens with one attached hydrogen (secondary N) is 1. The van der Waals surface area contributed by atoms with Gasteiger partial charge in [0.1, 0.15) is 16.8 Å². The Hall–Kier alpha value is -3.62. The highest BCUT2D eigenvalue weighted by molar-refractivity contribution is 6.37. The number of esters is 1. The predicted octanol–water partition coefficient (Wildman–Crippen LogP) is 5.47. The molecular weight excluding hydrogens is 479 g/mol. The highest BCUT2D eigenvalue weighted by Crippen LogP contribution is 2.30. The van der Waals surface area contributed by atoms with Gasteiger partial charge in [-0.2, -0.15) is 9.78 Å². The highest BCUT2D eigenvalue weighted by atomic mass is 35.5. The molecule has 0 aliphatic rings. The minimum Gasteiger partial charge on any atom is -0.494 e. The van der Waals surface area contributed by atoms with Crippen LogP contribution in [0.2, 0.25) is 10.0 Å². The van der Waals surface area contributed by atoms with Gasteiger partial charge in [0.05, 0.1) is 30.5 Å². The van der Waals surface area contributed by atoms with Crippen LogP contribution in [0.25, 0.3) is 16.7 Å². The van der Waals surface area contributed by atoms with Crippen molar-refractivity contribution in [2.24, 2.45) is 0 Å². The molecule has 0 radical (unpaired) electrons. The average molecular weight is 499 g/mol. The number of fused-ring (bicyclic) bond motifs is 1. The summed E-state index contributed by atoms with van der Waals surface area (Å²) in [4.78, 5) is 30.4. The maximum Gasteiger partial charge on any atom is 0.343 e. The van der Waals surface area contributed by atoms with E-state index in [2.05, 4.69) is 10.4 Å². The molecule has 10 heteroatoms. The van der Waals surface area contributed by atoms with Crippen LogP contribution in [0.1, 0.15) is 33.2 Å². The first-order valence-electron chi connectivity index (χ1n) is 10.3. The molecule has 2 aromatic heterocycles. The number of rotatable bonds is 6. The number of anilines is 1. The van der Waals surface area contributed by atoms with Gasteiger partial charge in [-0.3, -0.25) is 4.79 Å². The summed E-state index contributed by atoms with van der Waals surface area (Å²) in [6.07, 6.45) is 1.32. The van der Waals surface area contributed by atoms with E-state index in [1.807, 2.05) is 19.1 Å². The lowest BCUT2D eigenvalue weighted by Crippen LogP contribution is -2.19. The fourth-order valence-electron chi connectivity index (χ4n) is 3.50. The van der Waals surface area contributed by atoms with Crippen LogP contribution in [-0.4, -0.2) is 40.4 Å². The van der Waals surface area contributed by atoms with E-state index in [1.165, 1.54) is 23.0 Å². The van der Waals surface area contributed by atoms with Crippen LogP contribution in [-0.2, 0) is 4.74 Å². The number of hydrogen-bond donors (Lipinski definition) is 1. The Balaban J connectivity index is 1.86. The second-order valence-corrected chi connectivity index (χ2v) is 8.11. The first kappa shape index (κ1) is 23.5. The molecule has 1 amide bonds. The zero-order chi connectivity index (χ0) is 24.4. The van der Waals surface area contributed by atoms with Gasteiger partial charge in [0.25, 0.3) is 5.91 Å². The summed E-state index contributed by atoms with van der Waals surface area (Å²) in [5.74, 6) is -0.137. The summed E-state index contributed by atoms with van der Waals surface area (Å²) in [7, 11) is 1.56. The number of ether oxygens (including phenoxy) is 2. The third-order valence-corrected chi connectivity index (χ3v) is 5.65. The van der Waals surface area contributed by atoms with E-state index < -0.39 is 11.9 Å². The third-order valence-electron chi connectivity index (χ3n) is 5.10. The van der Waals surface area contributed by atoms with Gasteiger partial charge >= 0.3 is 5.97 Å². The molecule has 0 saturated carbocycles. The number of pyridine rings is 1. The molecule has 0 unspecified atom stereocenters. The summed E-state index contributed by atoms with van der Waals surface area (Å²) >= 11 is 12.2. The molecule has 4 rings (SSSR count). The predicted molar refractivity (Wildman–Crippen MR) is 131 cm³/mol. The number of amides is 1. The van der Waals surface area contributed by atoms with E-state index >= 15 is 0 Å². The lowest BCUT2D eigenvalue weighted by atomic mass is 10.1. The summed E-state index contributed by atoms with van der Waals surface area (Å²) in [5.41, 5.74) is 1.77. The van der Waals surface area contributed by atoms with E-state index in [0.29, 0.717) is 22.1 Å². The van der Waals surface area contributed by atoms with Crippen molar-refractivity contribution >= 4 is 51.8 Å². The topological polar surface area (TPSA) is 95.3 Å². The Labute approximate surface area is 205 Å². The Morgan fingerprint density at radius 2 is 1.91 bits per heavy atom. The Morgan fingerprint density at radius 1 is 1.12 bits per heavy atom. The molecule has 0 spiro atoms. The molecule has 4 aromatic rings. The zero-order valence-corrected chi connectivity index (χ0v) is 20.1. The molecule has 174 valence electrons. The lowest BCUT2D eigenvalue weighted by molar-refractivity contribution is 0.0527. The molecule has 2 heterocycles. The van der Waals surface area contributed by atoms with Gasteiger partial charge in [-0.15, -0.1) is 0 Å². The van der Waals surface area contributed by atoms with Crippen molar-refractivity contribution in [3.05, 3.63) is 75.4 Å². The second kappa shape index (κ2) is 9.70. The van der Waals surface area contributed by atoms with Crippen molar-refractivity contribution in [3.63, 3.8) is 0 Å². The maximum absolute atomic E-state index is 13.1. The number of para-hydroxylation sites is 1. The Bertz CT molecular complexity index is 1420. The first-order valence-corrected chi connectivity index (χ1v) is 11.1. The number of carbonyl (C=O) groups excluding carboxylic acids is 2. The maximum atomic E-state index is 13.1. The van der Waals surface area contributed by atoms with Crippen molar-refractivity contribution in [2.75, 3.05) is 19.0 Å². The van der Waals surface area contributed by atoms with Crippen LogP contribution in [0, 0.1) is 6.92 Å². The van der Waals surface area contributed by atoms with Crippen molar-refractivity contribution in [1.29, 1.82) is 0 Å². The molecule has 8 nitrogen and oxygen atoms in total. The molecule has 0 aliphatic heterocycles. The van der Waals surface area contributed by atoms with Crippen LogP contribution in [0.4, 0.5) is 5.82 Å². The van der Waals surface area contributed by atoms with Gasteiger partial charge in [-0.1, -0.05) is 35.3 Å². The minimum atomic E-state index is -0.638. The fraction of sp³-hybridized carbons (Fsp3) is 0.167. The molecule has 1 N–H and O–H groups in total. The molecule has 0 fully saturated rings. The smallest absolute Gasteiger partial charge is 0.343 e. The number of halogens is 2. The third kappa shape index (κ3) is 4.42. The quantitative estimate of drug-likeness (QED) is 0.354. The van der Waals surface area contributed by atoms with Crippen molar-refractivity contribution in [1.82, 2.24) is 14.8 Å². The van der Waals surface area contributed by atoms with E-state index in [-0.39, 0.29) is 28.6 Å². The lowest BCUT2D eigenvalue weighted by Gasteiger charge is -2.13. The van der Waals surface area contributed by atoms with E-state index in [1.54, 1.807) is 32.2 Å². The number of hydrogen-bond acceptors (Lipinski definition) is 6. The monoisotopic (exact) mass is 498 g/mol. The summed E-state index contributed by atoms with van der Waals surface area (Å²) in [6.45, 7) is 3.77. The number of aryl methyl sites for hydroxylation is 1. The minimum absolute atomic E-state index is 0.0693. The number of nitrogens with zero attached hydrogens (tertiary/aromatic N) is 3. The SMILES string of the molecule is CCOC(=O)c1cnn(-c2cc(C)c3cccc(OC)c3n2)c1NC(=O)c1ccc(Cl)cc1Cl. The van der Waals surface area contributed by atoms with Crippen molar-refractivity contribution in [3.8, 4) is 11.6 Å². The van der Waals surface area contributed by atoms with E-state index in [0.717, 1.165) is 10.9 Å². The van der Waals surface area contributed by atoms with E-state index in [4.69, 9.17) is 37.7 Å². The van der Waals surface area contributed by atoms with E-state index in [9.17, 15) is 9.59 Å². The van der Waals surface area contributed by atoms with Crippen LogP contribution in [0.3, 0.4) is 0 Å². The first-order chi connectivity index (χ1) is 16.3. The number of carbonyl (C=O) groups is 2. The molecule has 0 saturated heterocycles. The largest absolute Gasteiger partial charge is 0.494 e. The van der Waals surface area contributed by atoms with Gasteiger partial charge in [0.15, 0.2) is 11.6 Å². The van der Waals surface area contributed by atoms with Crippen LogP contribution in [0.15, 0.2) is 48.7 Å².